The fourth-order valence-electron chi connectivity index (χ4n) is 6.95. The van der Waals surface area contributed by atoms with Gasteiger partial charge in [0.2, 0.25) is 11.5 Å². The molecule has 0 aromatic heterocycles. The molecule has 2 heterocycles. The quantitative estimate of drug-likeness (QED) is 0.0766. The number of hydrogen-bond acceptors (Lipinski definition) is 20. The molecule has 20 nitrogen and oxygen atoms in total. The second-order valence-electron chi connectivity index (χ2n) is 16.5. The maximum Gasteiger partial charge on any atom is 1.00 e. The molecule has 350 valence electrons. The third-order valence-corrected chi connectivity index (χ3v) is 13.1. The van der Waals surface area contributed by atoms with Gasteiger partial charge >= 0.3 is 49.1 Å². The molecule has 4 rings (SSSR count). The Labute approximate surface area is 388 Å². The predicted molar refractivity (Wildman–Crippen MR) is 218 cm³/mol. The Kier molecular flexibility index (Phi) is 21.4. The molecule has 0 bridgehead atoms. The van der Waals surface area contributed by atoms with Crippen molar-refractivity contribution in [3.8, 4) is 0 Å². The number of carbonyl (C=O) groups excluding carboxylic acids is 4. The van der Waals surface area contributed by atoms with Crippen LogP contribution in [0, 0.1) is 10.8 Å². The van der Waals surface area contributed by atoms with E-state index in [1.807, 2.05) is 67.5 Å². The summed E-state index contributed by atoms with van der Waals surface area (Å²) in [6, 6.07) is 0. The van der Waals surface area contributed by atoms with Gasteiger partial charge in [0.1, 0.15) is 29.7 Å². The number of esters is 2. The van der Waals surface area contributed by atoms with Crippen molar-refractivity contribution in [3.63, 3.8) is 0 Å². The number of ketones is 2. The van der Waals surface area contributed by atoms with E-state index in [1.54, 1.807) is 13.8 Å². The number of cyclic esters (lactones) is 2. The number of aliphatic hydroxyl groups is 7. The van der Waals surface area contributed by atoms with Crippen LogP contribution in [0.4, 0.5) is 0 Å². The summed E-state index contributed by atoms with van der Waals surface area (Å²) in [5.74, 6) is -5.74. The number of phosphoric acid groups is 1. The van der Waals surface area contributed by atoms with Crippen LogP contribution in [0.15, 0.2) is 68.2 Å². The van der Waals surface area contributed by atoms with Crippen LogP contribution < -0.4 is 34.5 Å². The summed E-state index contributed by atoms with van der Waals surface area (Å²) < 4.78 is 53.8. The van der Waals surface area contributed by atoms with Crippen molar-refractivity contribution in [2.75, 3.05) is 27.4 Å². The second-order valence-corrected chi connectivity index (χ2v) is 20.1. The normalized spacial score (nSPS) is 25.9. The molecular weight excluding hydrogens is 885 g/mol. The van der Waals surface area contributed by atoms with E-state index in [-0.39, 0.29) is 47.2 Å². The van der Waals surface area contributed by atoms with Crippen molar-refractivity contribution in [2.24, 2.45) is 10.8 Å². The fraction of sp³-hybridized carbons (Fsp3) is 0.600. The molecular formula is C40H59NaO20P2. The maximum absolute atomic E-state index is 13.5. The van der Waals surface area contributed by atoms with Crippen LogP contribution in [-0.2, 0) is 55.9 Å². The van der Waals surface area contributed by atoms with E-state index in [0.29, 0.717) is 17.6 Å². The second kappa shape index (κ2) is 23.1. The average molecular weight is 945 g/mol. The summed E-state index contributed by atoms with van der Waals surface area (Å²) in [6.45, 7) is 17.4. The minimum absolute atomic E-state index is 0. The monoisotopic (exact) mass is 944 g/mol. The van der Waals surface area contributed by atoms with Gasteiger partial charge in [0.15, 0.2) is 29.5 Å². The number of rotatable bonds is 13. The summed E-state index contributed by atoms with van der Waals surface area (Å²) in [6.07, 6.45) is -3.89. The Morgan fingerprint density at radius 1 is 0.730 bits per heavy atom. The van der Waals surface area contributed by atoms with Gasteiger partial charge in [-0.1, -0.05) is 51.0 Å². The van der Waals surface area contributed by atoms with Gasteiger partial charge in [0, 0.05) is 14.2 Å². The number of carbonyl (C=O) groups is 4. The molecule has 2 aliphatic carbocycles. The van der Waals surface area contributed by atoms with Gasteiger partial charge in [0.25, 0.3) is 7.82 Å². The Morgan fingerprint density at radius 2 is 1.11 bits per heavy atom. The molecule has 0 fully saturated rings. The largest absolute Gasteiger partial charge is 1.00 e. The van der Waals surface area contributed by atoms with Gasteiger partial charge in [-0.25, -0.2) is 9.59 Å². The summed E-state index contributed by atoms with van der Waals surface area (Å²) in [4.78, 5) is 59.0. The van der Waals surface area contributed by atoms with Crippen LogP contribution in [-0.4, -0.2) is 123 Å². The smallest absolute Gasteiger partial charge is 0.756 e. The first-order chi connectivity index (χ1) is 28.4. The van der Waals surface area contributed by atoms with Crippen LogP contribution in [0.2, 0.25) is 0 Å². The summed E-state index contributed by atoms with van der Waals surface area (Å²) in [5.41, 5.74) is 4.03. The van der Waals surface area contributed by atoms with Crippen LogP contribution >= 0.6 is 15.4 Å². The molecule has 7 N–H and O–H groups in total. The van der Waals surface area contributed by atoms with E-state index < -0.39 is 111 Å². The summed E-state index contributed by atoms with van der Waals surface area (Å²) in [5, 5.41) is 63.7. The molecule has 0 amide bonds. The van der Waals surface area contributed by atoms with Crippen LogP contribution in [0.3, 0.4) is 0 Å². The maximum atomic E-state index is 13.5. The number of Topliss-reactive ketones (excluding diaryl/α,β-unsaturated/α-hetero) is 2. The molecule has 4 aliphatic rings. The molecule has 0 aromatic rings. The van der Waals surface area contributed by atoms with Gasteiger partial charge in [0.05, 0.1) is 13.2 Å². The topological polar surface area (TPSA) is 322 Å². The number of hydrogen-bond donors (Lipinski definition) is 7. The zero-order valence-corrected chi connectivity index (χ0v) is 41.6. The van der Waals surface area contributed by atoms with Crippen LogP contribution in [0.5, 0.6) is 0 Å². The molecule has 63 heavy (non-hydrogen) atoms. The molecule has 4 unspecified atom stereocenters. The minimum Gasteiger partial charge on any atom is -0.756 e. The Bertz CT molecular complexity index is 2050. The zero-order valence-electron chi connectivity index (χ0n) is 37.8. The molecule has 0 aromatic carbocycles. The number of ether oxygens (including phenoxy) is 2. The van der Waals surface area contributed by atoms with Crippen LogP contribution in [0.1, 0.15) is 82.1 Å². The Morgan fingerprint density at radius 3 is 1.46 bits per heavy atom. The van der Waals surface area contributed by atoms with E-state index in [0.717, 1.165) is 36.5 Å². The molecule has 0 spiro atoms. The van der Waals surface area contributed by atoms with Gasteiger partial charge in [-0.3, -0.25) is 23.2 Å². The predicted octanol–water partition coefficient (Wildman–Crippen LogP) is 0.906. The minimum atomic E-state index is -4.45. The molecule has 8 atom stereocenters. The Balaban J connectivity index is 0.000000517. The SMILES string of the molecule is COP(=O)(OC1CC(C)(C)C(C=C(C)C)=C(C)C1=O)C1=C(O)C(=O)O[C@@H]1[C@@H](O)CO.COP(=O)([O-])OC1CC(C)(C)C(C=C(C)C)=C(C)C1=O.O=C1O[C@H]([C@@H](O)CO)C(O)=C1O.[Na+]. The van der Waals surface area contributed by atoms with Crippen molar-refractivity contribution in [2.45, 2.75) is 119 Å². The first-order valence-corrected chi connectivity index (χ1v) is 22.1. The zero-order chi connectivity index (χ0) is 48.0. The van der Waals surface area contributed by atoms with Gasteiger partial charge in [-0.05, 0) is 87.5 Å². The van der Waals surface area contributed by atoms with Crippen LogP contribution in [0.25, 0.3) is 0 Å². The van der Waals surface area contributed by atoms with Crippen molar-refractivity contribution in [1.82, 2.24) is 0 Å². The summed E-state index contributed by atoms with van der Waals surface area (Å²) in [7, 11) is -6.82. The fourth-order valence-corrected chi connectivity index (χ4v) is 9.30. The van der Waals surface area contributed by atoms with Gasteiger partial charge in [-0.15, -0.1) is 0 Å². The molecule has 0 saturated heterocycles. The number of allylic oxidation sites excluding steroid dienone is 6. The number of phosphoric ester groups is 1. The van der Waals surface area contributed by atoms with E-state index >= 15 is 0 Å². The van der Waals surface area contributed by atoms with E-state index in [2.05, 4.69) is 9.26 Å². The van der Waals surface area contributed by atoms with Crippen molar-refractivity contribution >= 4 is 38.9 Å². The molecule has 23 heteroatoms. The van der Waals surface area contributed by atoms with Crippen molar-refractivity contribution < 1.29 is 126 Å². The first-order valence-electron chi connectivity index (χ1n) is 19.1. The van der Waals surface area contributed by atoms with Gasteiger partial charge in [-0.2, -0.15) is 0 Å². The van der Waals surface area contributed by atoms with E-state index in [4.69, 9.17) is 38.7 Å². The van der Waals surface area contributed by atoms with Crippen molar-refractivity contribution in [3.05, 3.63) is 68.2 Å². The molecule has 0 radical (unpaired) electrons. The Hall–Kier alpha value is -2.78. The average Bonchev–Trinajstić information content (AvgIpc) is 3.64. The third-order valence-electron chi connectivity index (χ3n) is 10.1. The number of aliphatic hydroxyl groups excluding tert-OH is 7. The van der Waals surface area contributed by atoms with E-state index in [1.165, 1.54) is 0 Å². The van der Waals surface area contributed by atoms with Gasteiger partial charge < -0.3 is 63.7 Å². The molecule has 2 aliphatic heterocycles. The molecule has 0 saturated carbocycles. The summed E-state index contributed by atoms with van der Waals surface area (Å²) >= 11 is 0. The first kappa shape index (κ1) is 58.2. The van der Waals surface area contributed by atoms with Crippen molar-refractivity contribution in [1.29, 1.82) is 0 Å². The third kappa shape index (κ3) is 14.1. The van der Waals surface area contributed by atoms with E-state index in [9.17, 15) is 48.5 Å². The standard InChI is InChI=1S/C20H29O9P.C14H23O5P.C6H8O6.Na/c1-10(2)7-12-11(3)15(23)14(8-20(12,4)5)29-30(26,27-6)18-16(24)19(25)28-17(18)13(22)9-21;1-9(2)7-11-10(3)13(15)12(8-14(11,4)5)19-20(16,17)18-6;7-1-2(8)5-3(9)4(10)6(11)12-5;/h7,13-14,17,21-22,24H,8-9H2,1-6H3;7,12H,8H2,1-6H3,(H,16,17);2,5,7-10H,1H2;/q;;;+1/p-1/t13-,14?,17+,30?;;2-,5+;/m0.0./s1.